The topological polar surface area (TPSA) is 29.9 Å². The summed E-state index contributed by atoms with van der Waals surface area (Å²) in [7, 11) is 4.01. The third-order valence-corrected chi connectivity index (χ3v) is 4.45. The highest BCUT2D eigenvalue weighted by Crippen LogP contribution is 2.25. The molecule has 0 bridgehead atoms. The number of aromatic nitrogens is 2. The third-order valence-electron chi connectivity index (χ3n) is 3.47. The van der Waals surface area contributed by atoms with Crippen molar-refractivity contribution in [3.63, 3.8) is 0 Å². The molecule has 0 aliphatic heterocycles. The van der Waals surface area contributed by atoms with Gasteiger partial charge >= 0.3 is 0 Å². The van der Waals surface area contributed by atoms with Gasteiger partial charge in [-0.2, -0.15) is 5.10 Å². The lowest BCUT2D eigenvalue weighted by atomic mass is 10.1. The quantitative estimate of drug-likeness (QED) is 0.790. The number of fused-ring (bicyclic) bond motifs is 1. The molecule has 1 aromatic carbocycles. The lowest BCUT2D eigenvalue weighted by Crippen LogP contribution is -2.18. The van der Waals surface area contributed by atoms with Crippen molar-refractivity contribution < 1.29 is 0 Å². The fraction of sp³-hybridized carbons (Fsp3) is 0.267. The number of hydrogen-bond donors (Lipinski definition) is 1. The van der Waals surface area contributed by atoms with Crippen molar-refractivity contribution in [1.29, 1.82) is 0 Å². The molecule has 0 aliphatic rings. The minimum Gasteiger partial charge on any atom is -0.312 e. The van der Waals surface area contributed by atoms with Crippen LogP contribution in [0.25, 0.3) is 10.9 Å². The second kappa shape index (κ2) is 5.15. The fourth-order valence-corrected chi connectivity index (χ4v) is 3.30. The van der Waals surface area contributed by atoms with Gasteiger partial charge in [0.15, 0.2) is 0 Å². The Balaban J connectivity index is 1.97. The first-order chi connectivity index (χ1) is 9.29. The van der Waals surface area contributed by atoms with Crippen LogP contribution >= 0.6 is 11.3 Å². The van der Waals surface area contributed by atoms with Crippen LogP contribution in [0.3, 0.4) is 0 Å². The average molecular weight is 271 g/mol. The van der Waals surface area contributed by atoms with Gasteiger partial charge in [0.1, 0.15) is 0 Å². The second-order valence-electron chi connectivity index (χ2n) is 4.65. The normalized spacial score (nSPS) is 12.9. The zero-order chi connectivity index (χ0) is 13.2. The zero-order valence-electron chi connectivity index (χ0n) is 11.1. The van der Waals surface area contributed by atoms with Crippen LogP contribution in [0.1, 0.15) is 16.6 Å². The molecule has 1 atom stereocenters. The van der Waals surface area contributed by atoms with Crippen LogP contribution in [0.4, 0.5) is 0 Å². The molecule has 3 nitrogen and oxygen atoms in total. The van der Waals surface area contributed by atoms with Crippen LogP contribution in [-0.2, 0) is 13.5 Å². The zero-order valence-corrected chi connectivity index (χ0v) is 11.9. The first-order valence-electron chi connectivity index (χ1n) is 6.41. The minimum absolute atomic E-state index is 0.332. The van der Waals surface area contributed by atoms with E-state index in [1.165, 1.54) is 15.8 Å². The number of aryl methyl sites for hydroxylation is 1. The molecule has 3 aromatic rings. The van der Waals surface area contributed by atoms with Gasteiger partial charge in [-0.1, -0.05) is 24.3 Å². The summed E-state index contributed by atoms with van der Waals surface area (Å²) in [5, 5.41) is 11.4. The van der Waals surface area contributed by atoms with E-state index in [-0.39, 0.29) is 0 Å². The summed E-state index contributed by atoms with van der Waals surface area (Å²) >= 11 is 1.79. The molecule has 3 rings (SSSR count). The predicted molar refractivity (Wildman–Crippen MR) is 80.5 cm³/mol. The standard InChI is InChI=1S/C15H17N3S/c1-16-13(15-8-5-9-19-15)10-12-11-6-3-4-7-14(11)18(2)17-12/h3-9,13,16H,10H2,1-2H3. The Hall–Kier alpha value is -1.65. The van der Waals surface area contributed by atoms with Crippen LogP contribution in [0.15, 0.2) is 41.8 Å². The molecule has 0 fully saturated rings. The van der Waals surface area contributed by atoms with Crippen molar-refractivity contribution in [1.82, 2.24) is 15.1 Å². The number of hydrogen-bond acceptors (Lipinski definition) is 3. The van der Waals surface area contributed by atoms with Crippen molar-refractivity contribution in [3.05, 3.63) is 52.3 Å². The maximum Gasteiger partial charge on any atom is 0.0722 e. The summed E-state index contributed by atoms with van der Waals surface area (Å²) in [4.78, 5) is 1.36. The largest absolute Gasteiger partial charge is 0.312 e. The summed E-state index contributed by atoms with van der Waals surface area (Å²) in [5.41, 5.74) is 2.35. The van der Waals surface area contributed by atoms with Crippen LogP contribution in [-0.4, -0.2) is 16.8 Å². The number of benzene rings is 1. The lowest BCUT2D eigenvalue weighted by molar-refractivity contribution is 0.588. The molecule has 0 saturated carbocycles. The van der Waals surface area contributed by atoms with Crippen molar-refractivity contribution in [3.8, 4) is 0 Å². The van der Waals surface area contributed by atoms with Gasteiger partial charge in [0, 0.05) is 29.8 Å². The molecule has 0 spiro atoms. The maximum atomic E-state index is 4.67. The lowest BCUT2D eigenvalue weighted by Gasteiger charge is -2.13. The fourth-order valence-electron chi connectivity index (χ4n) is 2.47. The summed E-state index contributed by atoms with van der Waals surface area (Å²) in [6, 6.07) is 13.0. The molecular weight excluding hydrogens is 254 g/mol. The molecule has 0 aliphatic carbocycles. The Labute approximate surface area is 116 Å². The summed E-state index contributed by atoms with van der Waals surface area (Å²) in [6.07, 6.45) is 0.915. The first-order valence-corrected chi connectivity index (χ1v) is 7.29. The number of thiophene rings is 1. The van der Waals surface area contributed by atoms with Gasteiger partial charge in [-0.05, 0) is 24.6 Å². The predicted octanol–water partition coefficient (Wildman–Crippen LogP) is 3.14. The van der Waals surface area contributed by atoms with Crippen LogP contribution < -0.4 is 5.32 Å². The van der Waals surface area contributed by atoms with Crippen molar-refractivity contribution in [2.75, 3.05) is 7.05 Å². The number of para-hydroxylation sites is 1. The van der Waals surface area contributed by atoms with E-state index in [2.05, 4.69) is 52.2 Å². The number of nitrogens with one attached hydrogen (secondary N) is 1. The molecular formula is C15H17N3S. The molecule has 0 amide bonds. The molecule has 19 heavy (non-hydrogen) atoms. The van der Waals surface area contributed by atoms with E-state index < -0.39 is 0 Å². The van der Waals surface area contributed by atoms with Gasteiger partial charge in [0.2, 0.25) is 0 Å². The third kappa shape index (κ3) is 2.29. The Bertz CT molecular complexity index is 670. The first kappa shape index (κ1) is 12.4. The molecule has 0 saturated heterocycles. The molecule has 98 valence electrons. The van der Waals surface area contributed by atoms with Gasteiger partial charge in [-0.15, -0.1) is 11.3 Å². The van der Waals surface area contributed by atoms with Crippen LogP contribution in [0.5, 0.6) is 0 Å². The summed E-state index contributed by atoms with van der Waals surface area (Å²) in [5.74, 6) is 0. The highest BCUT2D eigenvalue weighted by molar-refractivity contribution is 7.10. The van der Waals surface area contributed by atoms with Gasteiger partial charge in [-0.25, -0.2) is 0 Å². The van der Waals surface area contributed by atoms with E-state index in [1.807, 2.05) is 18.8 Å². The van der Waals surface area contributed by atoms with Gasteiger partial charge in [0.05, 0.1) is 11.2 Å². The molecule has 4 heteroatoms. The van der Waals surface area contributed by atoms with E-state index in [9.17, 15) is 0 Å². The number of nitrogens with zero attached hydrogens (tertiary/aromatic N) is 2. The monoisotopic (exact) mass is 271 g/mol. The van der Waals surface area contributed by atoms with Gasteiger partial charge in [0.25, 0.3) is 0 Å². The van der Waals surface area contributed by atoms with Crippen molar-refractivity contribution >= 4 is 22.2 Å². The van der Waals surface area contributed by atoms with E-state index in [0.717, 1.165) is 12.1 Å². The average Bonchev–Trinajstić information content (AvgIpc) is 3.06. The molecule has 2 heterocycles. The number of rotatable bonds is 4. The molecule has 0 radical (unpaired) electrons. The van der Waals surface area contributed by atoms with E-state index in [4.69, 9.17) is 0 Å². The van der Waals surface area contributed by atoms with E-state index in [1.54, 1.807) is 11.3 Å². The molecule has 2 aromatic heterocycles. The Kier molecular flexibility index (Phi) is 3.36. The van der Waals surface area contributed by atoms with Crippen LogP contribution in [0, 0.1) is 0 Å². The molecule has 1 unspecified atom stereocenters. The maximum absolute atomic E-state index is 4.67. The Morgan fingerprint density at radius 2 is 2.11 bits per heavy atom. The smallest absolute Gasteiger partial charge is 0.0722 e. The highest BCUT2D eigenvalue weighted by Gasteiger charge is 2.15. The van der Waals surface area contributed by atoms with Crippen LogP contribution in [0.2, 0.25) is 0 Å². The second-order valence-corrected chi connectivity index (χ2v) is 5.63. The van der Waals surface area contributed by atoms with Crippen molar-refractivity contribution in [2.45, 2.75) is 12.5 Å². The minimum atomic E-state index is 0.332. The van der Waals surface area contributed by atoms with Gasteiger partial charge in [-0.3, -0.25) is 4.68 Å². The summed E-state index contributed by atoms with van der Waals surface area (Å²) < 4.78 is 1.96. The Morgan fingerprint density at radius 3 is 2.84 bits per heavy atom. The van der Waals surface area contributed by atoms with E-state index >= 15 is 0 Å². The Morgan fingerprint density at radius 1 is 1.26 bits per heavy atom. The molecule has 1 N–H and O–H groups in total. The van der Waals surface area contributed by atoms with Crippen molar-refractivity contribution in [2.24, 2.45) is 7.05 Å². The van der Waals surface area contributed by atoms with Gasteiger partial charge < -0.3 is 5.32 Å². The highest BCUT2D eigenvalue weighted by atomic mass is 32.1. The SMILES string of the molecule is CNC(Cc1nn(C)c2ccccc12)c1cccs1. The van der Waals surface area contributed by atoms with E-state index in [0.29, 0.717) is 6.04 Å². The summed E-state index contributed by atoms with van der Waals surface area (Å²) in [6.45, 7) is 0. The number of likely N-dealkylation sites (N-methyl/N-ethyl adjacent to an activating group) is 1.